The number of fused-ring (bicyclic) bond motifs is 3. The Balaban J connectivity index is 0.000000406. The van der Waals surface area contributed by atoms with E-state index in [9.17, 15) is 26.4 Å². The number of carbonyl (C=O) groups excluding carboxylic acids is 1. The number of benzene rings is 1. The minimum atomic E-state index is -5.08. The molecule has 186 valence electrons. The summed E-state index contributed by atoms with van der Waals surface area (Å²) < 4.78 is 61.5. The van der Waals surface area contributed by atoms with Gasteiger partial charge in [0.1, 0.15) is 11.2 Å². The first-order valence-corrected chi connectivity index (χ1v) is 12.0. The van der Waals surface area contributed by atoms with E-state index in [1.54, 1.807) is 35.2 Å². The third-order valence-corrected chi connectivity index (χ3v) is 7.08. The van der Waals surface area contributed by atoms with E-state index in [2.05, 4.69) is 10.3 Å². The van der Waals surface area contributed by atoms with Gasteiger partial charge in [0.05, 0.1) is 17.9 Å². The van der Waals surface area contributed by atoms with Crippen molar-refractivity contribution in [3.8, 4) is 5.69 Å². The lowest BCUT2D eigenvalue weighted by atomic mass is 10.2. The molecule has 1 aliphatic heterocycles. The fourth-order valence-electron chi connectivity index (χ4n) is 3.32. The summed E-state index contributed by atoms with van der Waals surface area (Å²) in [6, 6.07) is 6.91. The molecule has 9 nitrogen and oxygen atoms in total. The Hall–Kier alpha value is -2.93. The minimum Gasteiger partial charge on any atom is -0.475 e. The van der Waals surface area contributed by atoms with Gasteiger partial charge in [0.25, 0.3) is 5.91 Å². The van der Waals surface area contributed by atoms with Crippen molar-refractivity contribution in [3.63, 3.8) is 0 Å². The maximum Gasteiger partial charge on any atom is 0.490 e. The number of hydrogen-bond donors (Lipinski definition) is 2. The molecule has 2 aromatic rings. The second-order valence-corrected chi connectivity index (χ2v) is 10.4. The van der Waals surface area contributed by atoms with Crippen molar-refractivity contribution in [2.45, 2.75) is 44.3 Å². The lowest BCUT2D eigenvalue weighted by Gasteiger charge is -2.20. The highest BCUT2D eigenvalue weighted by atomic mass is 32.2. The number of aromatic nitrogens is 2. The lowest BCUT2D eigenvalue weighted by molar-refractivity contribution is -0.192. The summed E-state index contributed by atoms with van der Waals surface area (Å²) in [5, 5.41) is 10.0. The summed E-state index contributed by atoms with van der Waals surface area (Å²) in [6.07, 6.45) is -1.43. The Bertz CT molecular complexity index is 1170. The molecule has 2 heterocycles. The summed E-state index contributed by atoms with van der Waals surface area (Å²) >= 11 is 0. The molecule has 0 bridgehead atoms. The number of hydrogen-bond acceptors (Lipinski definition) is 5. The zero-order valence-electron chi connectivity index (χ0n) is 18.5. The number of halogens is 3. The van der Waals surface area contributed by atoms with E-state index in [0.29, 0.717) is 42.0 Å². The molecular weight excluding hydrogens is 477 g/mol. The molecule has 1 amide bonds. The Morgan fingerprint density at radius 3 is 2.41 bits per heavy atom. The van der Waals surface area contributed by atoms with Gasteiger partial charge in [-0.25, -0.2) is 18.2 Å². The molecule has 1 aromatic heterocycles. The normalized spacial score (nSPS) is 17.1. The van der Waals surface area contributed by atoms with Crippen LogP contribution in [0.4, 0.5) is 13.2 Å². The van der Waals surface area contributed by atoms with Crippen molar-refractivity contribution in [3.05, 3.63) is 42.0 Å². The highest BCUT2D eigenvalue weighted by molar-refractivity contribution is 7.89. The van der Waals surface area contributed by atoms with Crippen LogP contribution in [0.15, 0.2) is 35.5 Å². The fourth-order valence-corrected chi connectivity index (χ4v) is 4.98. The number of nitrogens with zero attached hydrogens (tertiary/aromatic N) is 3. The van der Waals surface area contributed by atoms with Crippen LogP contribution in [0.2, 0.25) is 0 Å². The quantitative estimate of drug-likeness (QED) is 0.649. The zero-order valence-corrected chi connectivity index (χ0v) is 19.4. The van der Waals surface area contributed by atoms with Crippen LogP contribution in [-0.4, -0.2) is 58.5 Å². The summed E-state index contributed by atoms with van der Waals surface area (Å²) in [4.78, 5) is 26.1. The molecule has 0 radical (unpaired) electrons. The van der Waals surface area contributed by atoms with E-state index in [-0.39, 0.29) is 17.3 Å². The number of sulfonamides is 1. The zero-order chi connectivity index (χ0) is 25.3. The summed E-state index contributed by atoms with van der Waals surface area (Å²) in [7, 11) is -3.63. The van der Waals surface area contributed by atoms with E-state index >= 15 is 0 Å². The number of carbonyl (C=O) groups is 2. The summed E-state index contributed by atoms with van der Waals surface area (Å²) in [5.41, 5.74) is 1.45. The molecular formula is C21H25F3N4O5S. The first-order chi connectivity index (χ1) is 15.8. The minimum absolute atomic E-state index is 0.151. The maximum atomic E-state index is 13.2. The maximum absolute atomic E-state index is 13.2. The third kappa shape index (κ3) is 5.76. The molecule has 0 unspecified atom stereocenters. The Morgan fingerprint density at radius 1 is 1.24 bits per heavy atom. The molecule has 1 fully saturated rings. The first-order valence-electron chi connectivity index (χ1n) is 10.6. The van der Waals surface area contributed by atoms with E-state index in [0.717, 1.165) is 12.8 Å². The Morgan fingerprint density at radius 2 is 1.85 bits per heavy atom. The molecule has 2 N–H and O–H groups in total. The van der Waals surface area contributed by atoms with Gasteiger partial charge in [-0.15, -0.1) is 0 Å². The number of carboxylic acids is 1. The van der Waals surface area contributed by atoms with E-state index < -0.39 is 22.2 Å². The van der Waals surface area contributed by atoms with Crippen LogP contribution in [-0.2, 0) is 21.4 Å². The molecule has 1 aromatic carbocycles. The molecule has 13 heteroatoms. The molecule has 34 heavy (non-hydrogen) atoms. The van der Waals surface area contributed by atoms with Gasteiger partial charge in [-0.1, -0.05) is 26.0 Å². The van der Waals surface area contributed by atoms with Crippen LogP contribution < -0.4 is 5.32 Å². The second-order valence-electron chi connectivity index (χ2n) is 8.53. The predicted octanol–water partition coefficient (Wildman–Crippen LogP) is 2.81. The topological polar surface area (TPSA) is 122 Å². The van der Waals surface area contributed by atoms with Crippen LogP contribution in [0.25, 0.3) is 5.69 Å². The van der Waals surface area contributed by atoms with Gasteiger partial charge in [-0.05, 0) is 36.8 Å². The van der Waals surface area contributed by atoms with Crippen LogP contribution >= 0.6 is 0 Å². The predicted molar refractivity (Wildman–Crippen MR) is 115 cm³/mol. The van der Waals surface area contributed by atoms with Crippen LogP contribution in [0.3, 0.4) is 0 Å². The Labute approximate surface area is 194 Å². The SMILES string of the molecule is CC(C)CNC(=O)c1ncn2c1CN(CC1CC1)S(=O)(=O)c1ccccc1-2.O=C(O)C(F)(F)F. The van der Waals surface area contributed by atoms with E-state index in [4.69, 9.17) is 9.90 Å². The summed E-state index contributed by atoms with van der Waals surface area (Å²) in [5.74, 6) is -2.30. The lowest BCUT2D eigenvalue weighted by Crippen LogP contribution is -2.33. The standard InChI is InChI=1S/C19H24N4O3S.C2HF3O2/c1-13(2)9-20-19(24)18-16-11-22(10-14-7-8-14)27(25,26)17-6-4-3-5-15(17)23(16)12-21-18;3-2(4,5)1(6)7/h3-6,12-14H,7-11H2,1-2H3,(H,20,24);(H,6,7). The van der Waals surface area contributed by atoms with Gasteiger partial charge >= 0.3 is 12.1 Å². The van der Waals surface area contributed by atoms with Gasteiger partial charge in [-0.2, -0.15) is 17.5 Å². The second kappa shape index (κ2) is 9.74. The first kappa shape index (κ1) is 25.7. The van der Waals surface area contributed by atoms with E-state index in [1.807, 2.05) is 13.8 Å². The summed E-state index contributed by atoms with van der Waals surface area (Å²) in [6.45, 7) is 5.22. The van der Waals surface area contributed by atoms with Crippen molar-refractivity contribution in [1.82, 2.24) is 19.2 Å². The Kier molecular flexibility index (Phi) is 7.36. The number of alkyl halides is 3. The molecule has 0 spiro atoms. The van der Waals surface area contributed by atoms with Crippen molar-refractivity contribution < 1.29 is 36.3 Å². The molecule has 4 rings (SSSR count). The number of para-hydroxylation sites is 1. The van der Waals surface area contributed by atoms with Crippen molar-refractivity contribution in [1.29, 1.82) is 0 Å². The highest BCUT2D eigenvalue weighted by Gasteiger charge is 2.39. The van der Waals surface area contributed by atoms with Crippen molar-refractivity contribution in [2.75, 3.05) is 13.1 Å². The van der Waals surface area contributed by atoms with Crippen LogP contribution in [0.1, 0.15) is 42.9 Å². The molecule has 0 atom stereocenters. The fraction of sp³-hybridized carbons (Fsp3) is 0.476. The third-order valence-electron chi connectivity index (χ3n) is 5.22. The van der Waals surface area contributed by atoms with Crippen molar-refractivity contribution >= 4 is 21.9 Å². The number of nitrogens with one attached hydrogen (secondary N) is 1. The number of imidazole rings is 1. The van der Waals surface area contributed by atoms with E-state index in [1.165, 1.54) is 4.31 Å². The number of rotatable bonds is 5. The smallest absolute Gasteiger partial charge is 0.475 e. The van der Waals surface area contributed by atoms with Gasteiger partial charge in [0, 0.05) is 13.1 Å². The molecule has 1 aliphatic carbocycles. The molecule has 2 aliphatic rings. The number of carboxylic acid groups (broad SMARTS) is 1. The van der Waals surface area contributed by atoms with Gasteiger partial charge < -0.3 is 10.4 Å². The largest absolute Gasteiger partial charge is 0.490 e. The van der Waals surface area contributed by atoms with Gasteiger partial charge in [0.2, 0.25) is 10.0 Å². The van der Waals surface area contributed by atoms with Gasteiger partial charge in [0.15, 0.2) is 5.69 Å². The van der Waals surface area contributed by atoms with Gasteiger partial charge in [-0.3, -0.25) is 9.36 Å². The number of aliphatic carboxylic acids is 1. The monoisotopic (exact) mass is 502 g/mol. The number of amides is 1. The highest BCUT2D eigenvalue weighted by Crippen LogP contribution is 2.36. The molecule has 1 saturated carbocycles. The van der Waals surface area contributed by atoms with Crippen LogP contribution in [0, 0.1) is 11.8 Å². The molecule has 0 saturated heterocycles. The average Bonchev–Trinajstić information content (AvgIpc) is 3.49. The average molecular weight is 503 g/mol. The van der Waals surface area contributed by atoms with Crippen LogP contribution in [0.5, 0.6) is 0 Å². The van der Waals surface area contributed by atoms with Crippen molar-refractivity contribution in [2.24, 2.45) is 11.8 Å².